The van der Waals surface area contributed by atoms with Gasteiger partial charge in [-0.1, -0.05) is 24.3 Å². The van der Waals surface area contributed by atoms with Crippen molar-refractivity contribution in [2.45, 2.75) is 6.92 Å². The van der Waals surface area contributed by atoms with Crippen molar-refractivity contribution in [3.63, 3.8) is 0 Å². The van der Waals surface area contributed by atoms with E-state index < -0.39 is 0 Å². The number of anilines is 6. The Morgan fingerprint density at radius 3 is 2.56 bits per heavy atom. The van der Waals surface area contributed by atoms with Gasteiger partial charge in [0.1, 0.15) is 5.82 Å². The van der Waals surface area contributed by atoms with E-state index in [1.165, 1.54) is 0 Å². The molecule has 0 aliphatic carbocycles. The molecule has 5 N–H and O–H groups in total. The van der Waals surface area contributed by atoms with Crippen molar-refractivity contribution in [2.24, 2.45) is 0 Å². The van der Waals surface area contributed by atoms with Crippen molar-refractivity contribution in [3.05, 3.63) is 90.8 Å². The molecular weight excluding hydrogens is 428 g/mol. The quantitative estimate of drug-likeness (QED) is 0.223. The highest BCUT2D eigenvalue weighted by Crippen LogP contribution is 2.24. The molecule has 0 saturated carbocycles. The number of hydrogen-bond acceptors (Lipinski definition) is 6. The largest absolute Gasteiger partial charge is 0.340 e. The van der Waals surface area contributed by atoms with Crippen molar-refractivity contribution in [3.8, 4) is 0 Å². The summed E-state index contributed by atoms with van der Waals surface area (Å²) in [5, 5.41) is 20.2. The van der Waals surface area contributed by atoms with Gasteiger partial charge in [0, 0.05) is 34.3 Å². The third-order valence-electron chi connectivity index (χ3n) is 5.14. The molecule has 0 atom stereocenters. The van der Waals surface area contributed by atoms with E-state index in [9.17, 15) is 4.79 Å². The Morgan fingerprint density at radius 1 is 0.853 bits per heavy atom. The number of nitrogens with zero attached hydrogens (tertiary/aromatic N) is 3. The average molecular weight is 451 g/mol. The highest BCUT2D eigenvalue weighted by molar-refractivity contribution is 6.00. The van der Waals surface area contributed by atoms with Crippen LogP contribution in [0.3, 0.4) is 0 Å². The number of H-pyrrole nitrogens is 1. The van der Waals surface area contributed by atoms with Crippen molar-refractivity contribution >= 4 is 51.4 Å². The van der Waals surface area contributed by atoms with Crippen molar-refractivity contribution < 1.29 is 4.79 Å². The first-order valence-electron chi connectivity index (χ1n) is 10.7. The summed E-state index contributed by atoms with van der Waals surface area (Å²) < 4.78 is 0. The second-order valence-electron chi connectivity index (χ2n) is 7.66. The fourth-order valence-electron chi connectivity index (χ4n) is 3.42. The molecule has 0 aliphatic rings. The molecule has 0 bridgehead atoms. The van der Waals surface area contributed by atoms with Gasteiger partial charge in [-0.25, -0.2) is 9.78 Å². The van der Waals surface area contributed by atoms with E-state index in [4.69, 9.17) is 0 Å². The molecule has 0 spiro atoms. The molecule has 2 heterocycles. The Kier molecular flexibility index (Phi) is 5.73. The maximum atomic E-state index is 12.4. The van der Waals surface area contributed by atoms with Crippen molar-refractivity contribution in [1.29, 1.82) is 0 Å². The van der Waals surface area contributed by atoms with E-state index in [-0.39, 0.29) is 6.03 Å². The highest BCUT2D eigenvalue weighted by atomic mass is 16.2. The SMILES string of the molecule is Cc1ccc(Nc2nccc(Nc3ccc4cn[nH]c4c3)n2)cc1NC(=O)Nc1ccccc1. The molecule has 2 aromatic heterocycles. The van der Waals surface area contributed by atoms with Gasteiger partial charge in [-0.3, -0.25) is 5.10 Å². The first-order chi connectivity index (χ1) is 16.6. The summed E-state index contributed by atoms with van der Waals surface area (Å²) >= 11 is 0. The first-order valence-corrected chi connectivity index (χ1v) is 10.7. The van der Waals surface area contributed by atoms with Crippen molar-refractivity contribution in [1.82, 2.24) is 20.2 Å². The smallest absolute Gasteiger partial charge is 0.323 e. The van der Waals surface area contributed by atoms with E-state index >= 15 is 0 Å². The lowest BCUT2D eigenvalue weighted by Gasteiger charge is -2.13. The minimum atomic E-state index is -0.317. The molecule has 34 heavy (non-hydrogen) atoms. The summed E-state index contributed by atoms with van der Waals surface area (Å²) in [4.78, 5) is 21.3. The number of para-hydroxylation sites is 1. The minimum Gasteiger partial charge on any atom is -0.340 e. The first kappa shape index (κ1) is 21.0. The number of carbonyl (C=O) groups is 1. The lowest BCUT2D eigenvalue weighted by Crippen LogP contribution is -2.20. The molecule has 3 aromatic carbocycles. The second-order valence-corrected chi connectivity index (χ2v) is 7.66. The zero-order chi connectivity index (χ0) is 23.3. The van der Waals surface area contributed by atoms with Gasteiger partial charge >= 0.3 is 6.03 Å². The zero-order valence-electron chi connectivity index (χ0n) is 18.3. The minimum absolute atomic E-state index is 0.317. The van der Waals surface area contributed by atoms with Gasteiger partial charge < -0.3 is 21.3 Å². The molecular formula is C25H22N8O. The second kappa shape index (κ2) is 9.29. The maximum absolute atomic E-state index is 12.4. The highest BCUT2D eigenvalue weighted by Gasteiger charge is 2.08. The van der Waals surface area contributed by atoms with E-state index in [0.717, 1.165) is 33.5 Å². The average Bonchev–Trinajstić information content (AvgIpc) is 3.30. The predicted molar refractivity (Wildman–Crippen MR) is 135 cm³/mol. The Morgan fingerprint density at radius 2 is 1.68 bits per heavy atom. The van der Waals surface area contributed by atoms with Gasteiger partial charge in [0.05, 0.1) is 11.7 Å². The van der Waals surface area contributed by atoms with E-state index in [1.54, 1.807) is 18.5 Å². The number of hydrogen-bond donors (Lipinski definition) is 5. The number of fused-ring (bicyclic) bond motifs is 1. The van der Waals surface area contributed by atoms with Crippen LogP contribution in [-0.2, 0) is 0 Å². The Hall–Kier alpha value is -4.92. The van der Waals surface area contributed by atoms with Gasteiger partial charge in [0.2, 0.25) is 5.95 Å². The number of amides is 2. The molecule has 0 aliphatic heterocycles. The molecule has 0 unspecified atom stereocenters. The Bertz CT molecular complexity index is 1450. The lowest BCUT2D eigenvalue weighted by atomic mass is 10.2. The standard InChI is InChI=1S/C25H22N8O/c1-16-7-9-20(13-21(16)31-25(34)30-18-5-3-2-4-6-18)29-24-26-12-11-23(32-24)28-19-10-8-17-15-27-33-22(17)14-19/h2-15H,1H3,(H,27,33)(H2,30,31,34)(H2,26,28,29,32). The third-order valence-corrected chi connectivity index (χ3v) is 5.14. The summed E-state index contributed by atoms with van der Waals surface area (Å²) in [5.74, 6) is 1.07. The van der Waals surface area contributed by atoms with Gasteiger partial charge in [0.15, 0.2) is 0 Å². The van der Waals surface area contributed by atoms with Gasteiger partial charge in [0.25, 0.3) is 0 Å². The van der Waals surface area contributed by atoms with E-state index in [1.807, 2.05) is 73.7 Å². The zero-order valence-corrected chi connectivity index (χ0v) is 18.3. The molecule has 0 radical (unpaired) electrons. The number of aromatic amines is 1. The van der Waals surface area contributed by atoms with E-state index in [2.05, 4.69) is 41.4 Å². The molecule has 168 valence electrons. The van der Waals surface area contributed by atoms with Crippen LogP contribution in [0, 0.1) is 6.92 Å². The molecule has 2 amide bonds. The van der Waals surface area contributed by atoms with Gasteiger partial charge in [-0.2, -0.15) is 10.1 Å². The van der Waals surface area contributed by atoms with Crippen LogP contribution < -0.4 is 21.3 Å². The van der Waals surface area contributed by atoms with Gasteiger partial charge in [-0.05, 0) is 61.0 Å². The fraction of sp³-hybridized carbons (Fsp3) is 0.0400. The number of benzene rings is 3. The van der Waals surface area contributed by atoms with Crippen LogP contribution in [0.15, 0.2) is 85.2 Å². The number of aryl methyl sites for hydroxylation is 1. The van der Waals surface area contributed by atoms with E-state index in [0.29, 0.717) is 17.5 Å². The summed E-state index contributed by atoms with van der Waals surface area (Å²) in [6.45, 7) is 1.93. The predicted octanol–water partition coefficient (Wildman–Crippen LogP) is 5.79. The Labute approximate surface area is 195 Å². The molecule has 9 heteroatoms. The normalized spacial score (nSPS) is 10.6. The summed E-state index contributed by atoms with van der Waals surface area (Å²) in [6, 6.07) is 22.3. The lowest BCUT2D eigenvalue weighted by molar-refractivity contribution is 0.262. The number of rotatable bonds is 6. The molecule has 5 aromatic rings. The number of nitrogens with one attached hydrogen (secondary N) is 5. The number of carbonyl (C=O) groups excluding carboxylic acids is 1. The van der Waals surface area contributed by atoms with Crippen LogP contribution in [0.25, 0.3) is 10.9 Å². The summed E-state index contributed by atoms with van der Waals surface area (Å²) in [6.07, 6.45) is 3.45. The molecule has 5 rings (SSSR count). The van der Waals surface area contributed by atoms with Crippen LogP contribution in [0.1, 0.15) is 5.56 Å². The topological polar surface area (TPSA) is 120 Å². The third kappa shape index (κ3) is 4.94. The molecule has 9 nitrogen and oxygen atoms in total. The maximum Gasteiger partial charge on any atom is 0.323 e. The van der Waals surface area contributed by atoms with Crippen LogP contribution in [0.5, 0.6) is 0 Å². The summed E-state index contributed by atoms with van der Waals surface area (Å²) in [7, 11) is 0. The number of aromatic nitrogens is 4. The Balaban J connectivity index is 1.28. The summed E-state index contributed by atoms with van der Waals surface area (Å²) in [5.41, 5.74) is 4.90. The van der Waals surface area contributed by atoms with Crippen LogP contribution in [-0.4, -0.2) is 26.2 Å². The molecule has 0 fully saturated rings. The van der Waals surface area contributed by atoms with Crippen LogP contribution >= 0.6 is 0 Å². The van der Waals surface area contributed by atoms with Crippen LogP contribution in [0.4, 0.5) is 39.3 Å². The van der Waals surface area contributed by atoms with Crippen molar-refractivity contribution in [2.75, 3.05) is 21.3 Å². The fourth-order valence-corrected chi connectivity index (χ4v) is 3.42. The van der Waals surface area contributed by atoms with Crippen LogP contribution in [0.2, 0.25) is 0 Å². The van der Waals surface area contributed by atoms with Gasteiger partial charge in [-0.15, -0.1) is 0 Å². The number of urea groups is 1. The molecule has 0 saturated heterocycles. The monoisotopic (exact) mass is 450 g/mol.